The first-order chi connectivity index (χ1) is 5.49. The summed E-state index contributed by atoms with van der Waals surface area (Å²) in [5, 5.41) is 0. The SMILES string of the molecule is CC[C@H](C)[C@@H](CN(C)C)C(C)C. The minimum Gasteiger partial charge on any atom is -0.309 e. The molecule has 0 fully saturated rings. The number of hydrogen-bond acceptors (Lipinski definition) is 1. The highest BCUT2D eigenvalue weighted by Gasteiger charge is 2.19. The molecule has 0 aliphatic heterocycles. The summed E-state index contributed by atoms with van der Waals surface area (Å²) in [6.45, 7) is 10.6. The van der Waals surface area contributed by atoms with Gasteiger partial charge in [-0.3, -0.25) is 0 Å². The van der Waals surface area contributed by atoms with E-state index in [9.17, 15) is 0 Å². The van der Waals surface area contributed by atoms with Crippen LogP contribution in [-0.2, 0) is 0 Å². The fourth-order valence-electron chi connectivity index (χ4n) is 1.77. The standard InChI is InChI=1S/C11H25N/c1-7-10(4)11(9(2)3)8-12(5)6/h9-11H,7-8H2,1-6H3/t10-,11-/m0/s1. The Morgan fingerprint density at radius 1 is 1.08 bits per heavy atom. The van der Waals surface area contributed by atoms with E-state index in [1.807, 2.05) is 0 Å². The summed E-state index contributed by atoms with van der Waals surface area (Å²) in [4.78, 5) is 2.30. The van der Waals surface area contributed by atoms with Crippen LogP contribution in [0.4, 0.5) is 0 Å². The monoisotopic (exact) mass is 171 g/mol. The van der Waals surface area contributed by atoms with Crippen molar-refractivity contribution in [3.63, 3.8) is 0 Å². The number of hydrogen-bond donors (Lipinski definition) is 0. The summed E-state index contributed by atoms with van der Waals surface area (Å²) in [6, 6.07) is 0. The molecule has 0 aliphatic rings. The maximum absolute atomic E-state index is 2.37. The zero-order valence-electron chi connectivity index (χ0n) is 9.59. The molecule has 0 saturated heterocycles. The molecule has 0 radical (unpaired) electrons. The highest BCUT2D eigenvalue weighted by molar-refractivity contribution is 4.70. The van der Waals surface area contributed by atoms with Gasteiger partial charge < -0.3 is 4.90 Å². The van der Waals surface area contributed by atoms with Gasteiger partial charge >= 0.3 is 0 Å². The highest BCUT2D eigenvalue weighted by atomic mass is 15.1. The minimum atomic E-state index is 0.808. The molecule has 0 aromatic carbocycles. The molecule has 0 aliphatic carbocycles. The molecular formula is C11H25N. The van der Waals surface area contributed by atoms with Crippen LogP contribution in [0.2, 0.25) is 0 Å². The average molecular weight is 171 g/mol. The lowest BCUT2D eigenvalue weighted by Gasteiger charge is -2.29. The average Bonchev–Trinajstić information content (AvgIpc) is 1.98. The van der Waals surface area contributed by atoms with Crippen molar-refractivity contribution in [1.29, 1.82) is 0 Å². The summed E-state index contributed by atoms with van der Waals surface area (Å²) < 4.78 is 0. The van der Waals surface area contributed by atoms with E-state index in [1.54, 1.807) is 0 Å². The van der Waals surface area contributed by atoms with E-state index in [4.69, 9.17) is 0 Å². The van der Waals surface area contributed by atoms with Crippen molar-refractivity contribution < 1.29 is 0 Å². The number of nitrogens with zero attached hydrogens (tertiary/aromatic N) is 1. The normalized spacial score (nSPS) is 17.0. The van der Waals surface area contributed by atoms with Crippen molar-refractivity contribution in [3.8, 4) is 0 Å². The van der Waals surface area contributed by atoms with Gasteiger partial charge in [-0.25, -0.2) is 0 Å². The van der Waals surface area contributed by atoms with E-state index in [-0.39, 0.29) is 0 Å². The van der Waals surface area contributed by atoms with Gasteiger partial charge in [0.2, 0.25) is 0 Å². The first kappa shape index (κ1) is 12.0. The first-order valence-corrected chi connectivity index (χ1v) is 5.13. The van der Waals surface area contributed by atoms with Crippen molar-refractivity contribution >= 4 is 0 Å². The fraction of sp³-hybridized carbons (Fsp3) is 1.00. The summed E-state index contributed by atoms with van der Waals surface area (Å²) in [5.74, 6) is 2.51. The van der Waals surface area contributed by atoms with Crippen LogP contribution in [-0.4, -0.2) is 25.5 Å². The second-order valence-corrected chi connectivity index (χ2v) is 4.56. The van der Waals surface area contributed by atoms with Crippen LogP contribution in [0.5, 0.6) is 0 Å². The van der Waals surface area contributed by atoms with E-state index in [2.05, 4.69) is 46.7 Å². The predicted octanol–water partition coefficient (Wildman–Crippen LogP) is 2.87. The summed E-state index contributed by atoms with van der Waals surface area (Å²) in [6.07, 6.45) is 1.30. The molecule has 0 amide bonds. The van der Waals surface area contributed by atoms with Crippen molar-refractivity contribution in [2.75, 3.05) is 20.6 Å². The molecular weight excluding hydrogens is 146 g/mol. The van der Waals surface area contributed by atoms with E-state index in [1.165, 1.54) is 13.0 Å². The Morgan fingerprint density at radius 2 is 1.58 bits per heavy atom. The van der Waals surface area contributed by atoms with E-state index in [0.29, 0.717) is 0 Å². The molecule has 0 heterocycles. The fourth-order valence-corrected chi connectivity index (χ4v) is 1.77. The molecule has 0 N–H and O–H groups in total. The Bertz CT molecular complexity index is 108. The van der Waals surface area contributed by atoms with Crippen molar-refractivity contribution in [2.45, 2.75) is 34.1 Å². The molecule has 0 unspecified atom stereocenters. The van der Waals surface area contributed by atoms with E-state index >= 15 is 0 Å². The van der Waals surface area contributed by atoms with Crippen LogP contribution in [0, 0.1) is 17.8 Å². The Hall–Kier alpha value is -0.0400. The third-order valence-corrected chi connectivity index (χ3v) is 2.81. The van der Waals surface area contributed by atoms with Gasteiger partial charge in [-0.05, 0) is 31.8 Å². The van der Waals surface area contributed by atoms with Crippen LogP contribution in [0.1, 0.15) is 34.1 Å². The molecule has 0 aromatic rings. The van der Waals surface area contributed by atoms with Crippen molar-refractivity contribution in [1.82, 2.24) is 4.90 Å². The second kappa shape index (κ2) is 5.58. The van der Waals surface area contributed by atoms with Gasteiger partial charge in [0.1, 0.15) is 0 Å². The quantitative estimate of drug-likeness (QED) is 0.615. The van der Waals surface area contributed by atoms with Crippen LogP contribution in [0.3, 0.4) is 0 Å². The lowest BCUT2D eigenvalue weighted by atomic mass is 9.83. The molecule has 0 rings (SSSR count). The summed E-state index contributed by atoms with van der Waals surface area (Å²) >= 11 is 0. The lowest BCUT2D eigenvalue weighted by Crippen LogP contribution is -2.29. The molecule has 0 bridgehead atoms. The lowest BCUT2D eigenvalue weighted by molar-refractivity contribution is 0.198. The molecule has 1 heteroatoms. The molecule has 74 valence electrons. The van der Waals surface area contributed by atoms with Crippen molar-refractivity contribution in [2.24, 2.45) is 17.8 Å². The van der Waals surface area contributed by atoms with Gasteiger partial charge in [-0.2, -0.15) is 0 Å². The van der Waals surface area contributed by atoms with Gasteiger partial charge in [0, 0.05) is 6.54 Å². The largest absolute Gasteiger partial charge is 0.309 e. The zero-order valence-corrected chi connectivity index (χ0v) is 9.59. The van der Waals surface area contributed by atoms with Crippen LogP contribution in [0.25, 0.3) is 0 Å². The molecule has 0 saturated carbocycles. The second-order valence-electron chi connectivity index (χ2n) is 4.56. The smallest absolute Gasteiger partial charge is 0.000855 e. The molecule has 12 heavy (non-hydrogen) atoms. The summed E-state index contributed by atoms with van der Waals surface area (Å²) in [7, 11) is 4.33. The Labute approximate surface area is 78.1 Å². The first-order valence-electron chi connectivity index (χ1n) is 5.13. The summed E-state index contributed by atoms with van der Waals surface area (Å²) in [5.41, 5.74) is 0. The van der Waals surface area contributed by atoms with Gasteiger partial charge in [-0.1, -0.05) is 34.1 Å². The van der Waals surface area contributed by atoms with Crippen LogP contribution >= 0.6 is 0 Å². The van der Waals surface area contributed by atoms with Crippen LogP contribution < -0.4 is 0 Å². The van der Waals surface area contributed by atoms with Gasteiger partial charge in [0.15, 0.2) is 0 Å². The Balaban J connectivity index is 4.03. The zero-order chi connectivity index (χ0) is 9.72. The molecule has 0 spiro atoms. The molecule has 0 aromatic heterocycles. The van der Waals surface area contributed by atoms with Gasteiger partial charge in [0.25, 0.3) is 0 Å². The third kappa shape index (κ3) is 4.10. The molecule has 2 atom stereocenters. The molecule has 1 nitrogen and oxygen atoms in total. The third-order valence-electron chi connectivity index (χ3n) is 2.81. The maximum atomic E-state index is 2.37. The van der Waals surface area contributed by atoms with E-state index < -0.39 is 0 Å². The maximum Gasteiger partial charge on any atom is 0.000855 e. The topological polar surface area (TPSA) is 3.24 Å². The van der Waals surface area contributed by atoms with Crippen molar-refractivity contribution in [3.05, 3.63) is 0 Å². The highest BCUT2D eigenvalue weighted by Crippen LogP contribution is 2.23. The van der Waals surface area contributed by atoms with Gasteiger partial charge in [-0.15, -0.1) is 0 Å². The minimum absolute atomic E-state index is 0.808. The Morgan fingerprint density at radius 3 is 1.83 bits per heavy atom. The van der Waals surface area contributed by atoms with E-state index in [0.717, 1.165) is 17.8 Å². The predicted molar refractivity (Wildman–Crippen MR) is 56.3 cm³/mol. The Kier molecular flexibility index (Phi) is 5.56. The van der Waals surface area contributed by atoms with Gasteiger partial charge in [0.05, 0.1) is 0 Å². The van der Waals surface area contributed by atoms with Crippen LogP contribution in [0.15, 0.2) is 0 Å². The number of rotatable bonds is 5.